The number of nitrogens with zero attached hydrogens (tertiary/aromatic N) is 1. The van der Waals surface area contributed by atoms with E-state index in [2.05, 4.69) is 0 Å². The second kappa shape index (κ2) is 11.1. The summed E-state index contributed by atoms with van der Waals surface area (Å²) >= 11 is 0. The van der Waals surface area contributed by atoms with E-state index in [9.17, 15) is 23.6 Å². The van der Waals surface area contributed by atoms with E-state index in [0.717, 1.165) is 11.0 Å². The van der Waals surface area contributed by atoms with Crippen molar-refractivity contribution in [1.29, 1.82) is 0 Å². The number of benzene rings is 2. The van der Waals surface area contributed by atoms with Crippen molar-refractivity contribution in [2.45, 2.75) is 91.0 Å². The van der Waals surface area contributed by atoms with Crippen molar-refractivity contribution in [2.75, 3.05) is 4.90 Å². The van der Waals surface area contributed by atoms with Crippen LogP contribution in [0.5, 0.6) is 0 Å². The molecule has 1 unspecified atom stereocenters. The van der Waals surface area contributed by atoms with E-state index in [1.165, 1.54) is 24.3 Å². The average Bonchev–Trinajstić information content (AvgIpc) is 3.04. The summed E-state index contributed by atoms with van der Waals surface area (Å²) in [6.07, 6.45) is -0.191. The molecule has 2 aromatic rings. The summed E-state index contributed by atoms with van der Waals surface area (Å²) in [6, 6.07) is 11.9. The molecule has 0 aliphatic carbocycles. The lowest BCUT2D eigenvalue weighted by Gasteiger charge is -2.32. The fourth-order valence-corrected chi connectivity index (χ4v) is 4.51. The number of carbonyl (C=O) groups excluding carboxylic acids is 4. The zero-order valence-corrected chi connectivity index (χ0v) is 25.1. The summed E-state index contributed by atoms with van der Waals surface area (Å²) in [7, 11) is 0. The first-order chi connectivity index (χ1) is 18.7. The number of carbonyl (C=O) groups is 4. The van der Waals surface area contributed by atoms with Gasteiger partial charge in [0, 0.05) is 6.08 Å². The first kappa shape index (κ1) is 31.5. The summed E-state index contributed by atoms with van der Waals surface area (Å²) < 4.78 is 30.6. The van der Waals surface area contributed by atoms with Crippen LogP contribution in [0.15, 0.2) is 60.2 Å². The van der Waals surface area contributed by atoms with Gasteiger partial charge in [-0.25, -0.2) is 23.7 Å². The molecule has 0 N–H and O–H groups in total. The standard InChI is InChI=1S/C32H38FNO7/c1-29(2,3)39-25(35)18-23(26(36)40-30(4,5)6)32(19-20-14-16-21(33)17-15-20)22-12-10-11-13-24(22)34(27(32)37)28(38)41-31(7,8)9/h10-18H,19H2,1-9H3/b23-18+. The van der Waals surface area contributed by atoms with Gasteiger partial charge in [0.25, 0.3) is 5.91 Å². The molecule has 0 saturated carbocycles. The number of rotatable bonds is 5. The van der Waals surface area contributed by atoms with Gasteiger partial charge in [-0.15, -0.1) is 0 Å². The normalized spacial score (nSPS) is 17.7. The van der Waals surface area contributed by atoms with Crippen molar-refractivity contribution in [1.82, 2.24) is 0 Å². The van der Waals surface area contributed by atoms with Crippen LogP contribution in [-0.4, -0.2) is 40.7 Å². The number of para-hydroxylation sites is 1. The predicted octanol–water partition coefficient (Wildman–Crippen LogP) is 6.20. The second-order valence-corrected chi connectivity index (χ2v) is 12.9. The smallest absolute Gasteiger partial charge is 0.421 e. The molecule has 2 aromatic carbocycles. The van der Waals surface area contributed by atoms with E-state index in [4.69, 9.17) is 14.2 Å². The molecule has 2 amide bonds. The Bertz CT molecular complexity index is 1370. The summed E-state index contributed by atoms with van der Waals surface area (Å²) in [5.41, 5.74) is -4.15. The van der Waals surface area contributed by atoms with Crippen molar-refractivity contribution in [3.8, 4) is 0 Å². The van der Waals surface area contributed by atoms with E-state index in [0.29, 0.717) is 5.56 Å². The average molecular weight is 568 g/mol. The van der Waals surface area contributed by atoms with E-state index >= 15 is 0 Å². The van der Waals surface area contributed by atoms with Crippen molar-refractivity contribution in [2.24, 2.45) is 0 Å². The molecule has 0 aromatic heterocycles. The van der Waals surface area contributed by atoms with E-state index in [-0.39, 0.29) is 23.2 Å². The first-order valence-electron chi connectivity index (χ1n) is 13.3. The van der Waals surface area contributed by atoms with Gasteiger partial charge in [0.15, 0.2) is 0 Å². The Kier molecular flexibility index (Phi) is 8.54. The van der Waals surface area contributed by atoms with Gasteiger partial charge in [0.05, 0.1) is 11.3 Å². The van der Waals surface area contributed by atoms with Crippen LogP contribution in [0.3, 0.4) is 0 Å². The van der Waals surface area contributed by atoms with Gasteiger partial charge in [-0.1, -0.05) is 30.3 Å². The molecule has 3 rings (SSSR count). The van der Waals surface area contributed by atoms with Crippen LogP contribution < -0.4 is 4.90 Å². The highest BCUT2D eigenvalue weighted by molar-refractivity contribution is 6.25. The van der Waals surface area contributed by atoms with E-state index in [1.54, 1.807) is 86.6 Å². The molecule has 1 aliphatic heterocycles. The quantitative estimate of drug-likeness (QED) is 0.241. The van der Waals surface area contributed by atoms with Gasteiger partial charge in [-0.3, -0.25) is 4.79 Å². The minimum absolute atomic E-state index is 0.188. The largest absolute Gasteiger partial charge is 0.457 e. The molecule has 9 heteroatoms. The number of esters is 2. The maximum absolute atomic E-state index is 14.6. The van der Waals surface area contributed by atoms with Gasteiger partial charge >= 0.3 is 18.0 Å². The molecule has 0 saturated heterocycles. The Hall–Kier alpha value is -4.01. The topological polar surface area (TPSA) is 99.2 Å². The van der Waals surface area contributed by atoms with Gasteiger partial charge in [0.1, 0.15) is 28.0 Å². The lowest BCUT2D eigenvalue weighted by Crippen LogP contribution is -2.49. The first-order valence-corrected chi connectivity index (χ1v) is 13.3. The number of ether oxygens (including phenoxy) is 3. The van der Waals surface area contributed by atoms with Gasteiger partial charge in [-0.2, -0.15) is 0 Å². The molecule has 0 spiro atoms. The van der Waals surface area contributed by atoms with Crippen LogP contribution in [0.1, 0.15) is 73.4 Å². The zero-order valence-electron chi connectivity index (χ0n) is 25.1. The number of imide groups is 1. The molecule has 1 atom stereocenters. The third-order valence-electron chi connectivity index (χ3n) is 5.88. The van der Waals surface area contributed by atoms with Crippen molar-refractivity contribution in [3.63, 3.8) is 0 Å². The number of amides is 2. The summed E-state index contributed by atoms with van der Waals surface area (Å²) in [5.74, 6) is -3.14. The molecule has 41 heavy (non-hydrogen) atoms. The Balaban J connectivity index is 2.37. The van der Waals surface area contributed by atoms with Gasteiger partial charge in [0.2, 0.25) is 0 Å². The molecule has 0 radical (unpaired) electrons. The molecular weight excluding hydrogens is 529 g/mol. The highest BCUT2D eigenvalue weighted by atomic mass is 19.1. The third kappa shape index (κ3) is 7.39. The van der Waals surface area contributed by atoms with Crippen molar-refractivity contribution >= 4 is 29.6 Å². The summed E-state index contributed by atoms with van der Waals surface area (Å²) in [6.45, 7) is 15.0. The maximum Gasteiger partial charge on any atom is 0.421 e. The number of hydrogen-bond donors (Lipinski definition) is 0. The third-order valence-corrected chi connectivity index (χ3v) is 5.88. The van der Waals surface area contributed by atoms with Crippen molar-refractivity contribution < 1.29 is 37.8 Å². The van der Waals surface area contributed by atoms with Crippen LogP contribution >= 0.6 is 0 Å². The summed E-state index contributed by atoms with van der Waals surface area (Å²) in [4.78, 5) is 56.0. The Morgan fingerprint density at radius 1 is 0.805 bits per heavy atom. The number of anilines is 1. The van der Waals surface area contributed by atoms with Crippen LogP contribution in [-0.2, 0) is 40.4 Å². The lowest BCUT2D eigenvalue weighted by atomic mass is 9.70. The Morgan fingerprint density at radius 3 is 1.88 bits per heavy atom. The SMILES string of the molecule is CC(C)(C)OC(=O)/C=C(\C(=O)OC(C)(C)C)C1(Cc2ccc(F)cc2)C(=O)N(C(=O)OC(C)(C)C)c2ccccc21. The van der Waals surface area contributed by atoms with Crippen molar-refractivity contribution in [3.05, 3.63) is 77.1 Å². The predicted molar refractivity (Wildman–Crippen MR) is 152 cm³/mol. The minimum atomic E-state index is -1.93. The molecule has 0 fully saturated rings. The van der Waals surface area contributed by atoms with Crippen LogP contribution in [0.25, 0.3) is 0 Å². The fourth-order valence-electron chi connectivity index (χ4n) is 4.51. The molecule has 1 aliphatic rings. The van der Waals surface area contributed by atoms with E-state index < -0.39 is 52.0 Å². The second-order valence-electron chi connectivity index (χ2n) is 12.9. The van der Waals surface area contributed by atoms with Crippen LogP contribution in [0.2, 0.25) is 0 Å². The molecule has 8 nitrogen and oxygen atoms in total. The highest BCUT2D eigenvalue weighted by Crippen LogP contribution is 2.49. The maximum atomic E-state index is 14.6. The monoisotopic (exact) mass is 567 g/mol. The Labute approximate surface area is 240 Å². The fraction of sp³-hybridized carbons (Fsp3) is 0.438. The van der Waals surface area contributed by atoms with Crippen LogP contribution in [0, 0.1) is 5.82 Å². The minimum Gasteiger partial charge on any atom is -0.457 e. The van der Waals surface area contributed by atoms with E-state index in [1.807, 2.05) is 0 Å². The number of halogens is 1. The zero-order chi connectivity index (χ0) is 31.0. The highest BCUT2D eigenvalue weighted by Gasteiger charge is 2.58. The number of fused-ring (bicyclic) bond motifs is 1. The van der Waals surface area contributed by atoms with Gasteiger partial charge in [-0.05, 0) is 98.1 Å². The molecule has 1 heterocycles. The van der Waals surface area contributed by atoms with Crippen LogP contribution in [0.4, 0.5) is 14.9 Å². The molecule has 0 bridgehead atoms. The molecule has 220 valence electrons. The Morgan fingerprint density at radius 2 is 1.34 bits per heavy atom. The lowest BCUT2D eigenvalue weighted by molar-refractivity contribution is -0.153. The number of hydrogen-bond acceptors (Lipinski definition) is 7. The molecular formula is C32H38FNO7. The van der Waals surface area contributed by atoms with Gasteiger partial charge < -0.3 is 14.2 Å². The summed E-state index contributed by atoms with van der Waals surface area (Å²) in [5, 5.41) is 0.